The number of aromatic nitrogens is 1. The highest BCUT2D eigenvalue weighted by Crippen LogP contribution is 2.39. The van der Waals surface area contributed by atoms with Crippen molar-refractivity contribution in [2.75, 3.05) is 33.4 Å². The molecule has 7 heteroatoms. The van der Waals surface area contributed by atoms with E-state index >= 15 is 0 Å². The van der Waals surface area contributed by atoms with Crippen LogP contribution in [0.5, 0.6) is 0 Å². The number of hydrogen-bond acceptors (Lipinski definition) is 4. The first kappa shape index (κ1) is 23.3. The highest BCUT2D eigenvalue weighted by molar-refractivity contribution is 5.99. The maximum Gasteiger partial charge on any atom is 0.253 e. The summed E-state index contributed by atoms with van der Waals surface area (Å²) in [6, 6.07) is 7.96. The Morgan fingerprint density at radius 3 is 2.79 bits per heavy atom. The number of fused-ring (bicyclic) bond motifs is 3. The molecule has 4 rings (SSSR count). The largest absolute Gasteiger partial charge is 0.381 e. The van der Waals surface area contributed by atoms with Crippen molar-refractivity contribution in [3.05, 3.63) is 35.0 Å². The van der Waals surface area contributed by atoms with Gasteiger partial charge in [-0.1, -0.05) is 0 Å². The Morgan fingerprint density at radius 2 is 2.03 bits per heavy atom. The molecule has 176 valence electrons. The molecule has 1 saturated heterocycles. The van der Waals surface area contributed by atoms with Crippen LogP contribution in [0.1, 0.15) is 53.7 Å². The second kappa shape index (κ2) is 10.4. The number of nitrogens with one attached hydrogen (secondary N) is 1. The van der Waals surface area contributed by atoms with Crippen molar-refractivity contribution >= 4 is 22.7 Å². The minimum atomic E-state index is -0.159. The molecule has 0 bridgehead atoms. The molecule has 1 aromatic heterocycles. The van der Waals surface area contributed by atoms with E-state index in [1.54, 1.807) is 11.9 Å². The molecule has 0 spiro atoms. The van der Waals surface area contributed by atoms with E-state index < -0.39 is 0 Å². The predicted molar refractivity (Wildman–Crippen MR) is 127 cm³/mol. The third kappa shape index (κ3) is 5.06. The summed E-state index contributed by atoms with van der Waals surface area (Å²) in [5, 5.41) is 12.3. The highest BCUT2D eigenvalue weighted by atomic mass is 16.5. The van der Waals surface area contributed by atoms with Gasteiger partial charge in [-0.25, -0.2) is 0 Å². The van der Waals surface area contributed by atoms with Gasteiger partial charge in [-0.05, 0) is 74.1 Å². The van der Waals surface area contributed by atoms with Crippen molar-refractivity contribution in [1.29, 1.82) is 5.26 Å². The molecule has 1 unspecified atom stereocenters. The van der Waals surface area contributed by atoms with Crippen molar-refractivity contribution < 1.29 is 14.3 Å². The Hall–Kier alpha value is -2.85. The van der Waals surface area contributed by atoms with Crippen molar-refractivity contribution in [2.45, 2.75) is 44.9 Å². The molecule has 7 nitrogen and oxygen atoms in total. The number of aryl methyl sites for hydroxylation is 1. The second-order valence-electron chi connectivity index (χ2n) is 9.43. The lowest BCUT2D eigenvalue weighted by atomic mass is 9.75. The summed E-state index contributed by atoms with van der Waals surface area (Å²) >= 11 is 0. The molecule has 1 atom stereocenters. The standard InChI is InChI=1S/C26H34N4O3/c1-29(13-3-4-25(31)28-12-11-27)26(32)20-6-8-24-22(17-20)21-16-19(5-7-23(21)30(24)2)18-9-14-33-15-10-18/h6,8,17-19H,3-5,7,9-10,12-16H2,1-2H3,(H,28,31). The van der Waals surface area contributed by atoms with E-state index in [-0.39, 0.29) is 18.4 Å². The van der Waals surface area contributed by atoms with Crippen LogP contribution in [-0.2, 0) is 29.4 Å². The van der Waals surface area contributed by atoms with Crippen molar-refractivity contribution in [3.8, 4) is 6.07 Å². The fraction of sp³-hybridized carbons (Fsp3) is 0.577. The quantitative estimate of drug-likeness (QED) is 0.656. The fourth-order valence-corrected chi connectivity index (χ4v) is 5.55. The van der Waals surface area contributed by atoms with Crippen LogP contribution in [0.4, 0.5) is 0 Å². The van der Waals surface area contributed by atoms with Crippen LogP contribution in [0.3, 0.4) is 0 Å². The van der Waals surface area contributed by atoms with Crippen LogP contribution >= 0.6 is 0 Å². The lowest BCUT2D eigenvalue weighted by Gasteiger charge is -2.33. The number of rotatable bonds is 7. The van der Waals surface area contributed by atoms with Gasteiger partial charge in [-0.15, -0.1) is 0 Å². The van der Waals surface area contributed by atoms with Crippen LogP contribution < -0.4 is 5.32 Å². The summed E-state index contributed by atoms with van der Waals surface area (Å²) in [5.41, 5.74) is 4.72. The normalized spacial score (nSPS) is 18.5. The highest BCUT2D eigenvalue weighted by Gasteiger charge is 2.31. The van der Waals surface area contributed by atoms with Gasteiger partial charge < -0.3 is 19.5 Å². The van der Waals surface area contributed by atoms with Gasteiger partial charge in [0.15, 0.2) is 0 Å². The maximum absolute atomic E-state index is 13.1. The number of carbonyl (C=O) groups is 2. The summed E-state index contributed by atoms with van der Waals surface area (Å²) in [6.45, 7) is 2.28. The molecular formula is C26H34N4O3. The van der Waals surface area contributed by atoms with Crippen LogP contribution in [0, 0.1) is 23.2 Å². The van der Waals surface area contributed by atoms with Crippen molar-refractivity contribution in [1.82, 2.24) is 14.8 Å². The second-order valence-corrected chi connectivity index (χ2v) is 9.43. The number of nitrogens with zero attached hydrogens (tertiary/aromatic N) is 3. The lowest BCUT2D eigenvalue weighted by molar-refractivity contribution is -0.121. The Kier molecular flexibility index (Phi) is 7.34. The van der Waals surface area contributed by atoms with Crippen LogP contribution in [0.15, 0.2) is 18.2 Å². The Bertz CT molecular complexity index is 1060. The van der Waals surface area contributed by atoms with Crippen LogP contribution in [0.2, 0.25) is 0 Å². The Balaban J connectivity index is 1.47. The average molecular weight is 451 g/mol. The van der Waals surface area contributed by atoms with Gasteiger partial charge in [0.05, 0.1) is 6.07 Å². The number of ether oxygens (including phenoxy) is 1. The first-order chi connectivity index (χ1) is 16.0. The summed E-state index contributed by atoms with van der Waals surface area (Å²) < 4.78 is 7.88. The zero-order chi connectivity index (χ0) is 23.4. The number of hydrogen-bond donors (Lipinski definition) is 1. The fourth-order valence-electron chi connectivity index (χ4n) is 5.55. The molecule has 2 heterocycles. The minimum Gasteiger partial charge on any atom is -0.381 e. The molecule has 2 amide bonds. The zero-order valence-corrected chi connectivity index (χ0v) is 19.7. The number of amides is 2. The molecule has 1 aliphatic heterocycles. The van der Waals surface area contributed by atoms with E-state index in [2.05, 4.69) is 29.1 Å². The molecule has 1 N–H and O–H groups in total. The lowest BCUT2D eigenvalue weighted by Crippen LogP contribution is -2.29. The summed E-state index contributed by atoms with van der Waals surface area (Å²) in [6.07, 6.45) is 6.61. The Labute approximate surface area is 195 Å². The van der Waals surface area contributed by atoms with Crippen molar-refractivity contribution in [2.24, 2.45) is 18.9 Å². The van der Waals surface area contributed by atoms with E-state index in [0.29, 0.717) is 30.9 Å². The smallest absolute Gasteiger partial charge is 0.253 e. The van der Waals surface area contributed by atoms with E-state index in [1.165, 1.54) is 28.6 Å². The topological polar surface area (TPSA) is 87.4 Å². The maximum atomic E-state index is 13.1. The summed E-state index contributed by atoms with van der Waals surface area (Å²) in [5.74, 6) is 1.25. The molecule has 33 heavy (non-hydrogen) atoms. The third-order valence-electron chi connectivity index (χ3n) is 7.44. The third-order valence-corrected chi connectivity index (χ3v) is 7.44. The van der Waals surface area contributed by atoms with E-state index in [0.717, 1.165) is 44.8 Å². The molecule has 1 aromatic carbocycles. The number of nitriles is 1. The van der Waals surface area contributed by atoms with Gasteiger partial charge >= 0.3 is 0 Å². The molecule has 1 aliphatic carbocycles. The van der Waals surface area contributed by atoms with Crippen LogP contribution in [0.25, 0.3) is 10.9 Å². The van der Waals surface area contributed by atoms with Gasteiger partial charge in [-0.2, -0.15) is 5.26 Å². The molecule has 1 fully saturated rings. The predicted octanol–water partition coefficient (Wildman–Crippen LogP) is 3.20. The molecule has 2 aliphatic rings. The Morgan fingerprint density at radius 1 is 1.24 bits per heavy atom. The first-order valence-corrected chi connectivity index (χ1v) is 12.1. The molecule has 0 radical (unpaired) electrons. The molecular weight excluding hydrogens is 416 g/mol. The number of carbonyl (C=O) groups excluding carboxylic acids is 2. The van der Waals surface area contributed by atoms with Gasteiger partial charge in [0.1, 0.15) is 6.54 Å². The van der Waals surface area contributed by atoms with E-state index in [4.69, 9.17) is 10.00 Å². The van der Waals surface area contributed by atoms with Crippen LogP contribution in [-0.4, -0.2) is 54.6 Å². The van der Waals surface area contributed by atoms with E-state index in [1.807, 2.05) is 12.1 Å². The van der Waals surface area contributed by atoms with Gasteiger partial charge in [0.25, 0.3) is 5.91 Å². The van der Waals surface area contributed by atoms with Crippen molar-refractivity contribution in [3.63, 3.8) is 0 Å². The zero-order valence-electron chi connectivity index (χ0n) is 19.7. The minimum absolute atomic E-state index is 0.0182. The van der Waals surface area contributed by atoms with Gasteiger partial charge in [0, 0.05) is 62.4 Å². The average Bonchev–Trinajstić information content (AvgIpc) is 3.13. The SMILES string of the molecule is CN(CCCC(=O)NCC#N)C(=O)c1ccc2c(c1)c1c(n2C)CCC(C2CCOCC2)C1. The summed E-state index contributed by atoms with van der Waals surface area (Å²) in [7, 11) is 3.92. The van der Waals surface area contributed by atoms with Gasteiger partial charge in [-0.3, -0.25) is 9.59 Å². The number of benzene rings is 1. The molecule has 0 saturated carbocycles. The van der Waals surface area contributed by atoms with Gasteiger partial charge in [0.2, 0.25) is 5.91 Å². The monoisotopic (exact) mass is 450 g/mol. The van der Waals surface area contributed by atoms with E-state index in [9.17, 15) is 9.59 Å². The molecule has 2 aromatic rings. The summed E-state index contributed by atoms with van der Waals surface area (Å²) in [4.78, 5) is 26.4. The first-order valence-electron chi connectivity index (χ1n) is 12.1.